The SMILES string of the molecule is c1ccc2[nH]c(CC3=NCCN3)nc2c1. The number of aromatic amines is 1. The van der Waals surface area contributed by atoms with Crippen molar-refractivity contribution in [3.63, 3.8) is 0 Å². The van der Waals surface area contributed by atoms with Crippen molar-refractivity contribution in [2.75, 3.05) is 13.1 Å². The first-order valence-corrected chi connectivity index (χ1v) is 5.13. The highest BCUT2D eigenvalue weighted by Crippen LogP contribution is 2.10. The summed E-state index contributed by atoms with van der Waals surface area (Å²) >= 11 is 0. The van der Waals surface area contributed by atoms with Crippen LogP contribution >= 0.6 is 0 Å². The topological polar surface area (TPSA) is 53.1 Å². The first-order chi connectivity index (χ1) is 7.42. The van der Waals surface area contributed by atoms with Crippen molar-refractivity contribution in [3.8, 4) is 0 Å². The number of aliphatic imine (C=N–C) groups is 1. The predicted octanol–water partition coefficient (Wildman–Crippen LogP) is 1.11. The number of imidazole rings is 1. The third-order valence-corrected chi connectivity index (χ3v) is 2.52. The number of H-pyrrole nitrogens is 1. The minimum absolute atomic E-state index is 0.772. The summed E-state index contributed by atoms with van der Waals surface area (Å²) in [6.45, 7) is 1.84. The molecule has 15 heavy (non-hydrogen) atoms. The molecule has 0 fully saturated rings. The first kappa shape index (κ1) is 8.47. The highest BCUT2D eigenvalue weighted by atomic mass is 15.1. The van der Waals surface area contributed by atoms with Gasteiger partial charge in [0, 0.05) is 6.54 Å². The van der Waals surface area contributed by atoms with Gasteiger partial charge in [0.05, 0.1) is 24.0 Å². The van der Waals surface area contributed by atoms with Crippen LogP contribution in [-0.4, -0.2) is 28.9 Å². The van der Waals surface area contributed by atoms with E-state index in [2.05, 4.69) is 20.3 Å². The molecule has 0 aliphatic carbocycles. The van der Waals surface area contributed by atoms with Gasteiger partial charge in [0.2, 0.25) is 0 Å². The molecule has 0 spiro atoms. The average Bonchev–Trinajstić information content (AvgIpc) is 2.86. The lowest BCUT2D eigenvalue weighted by atomic mass is 10.3. The number of amidine groups is 1. The molecule has 1 aliphatic rings. The van der Waals surface area contributed by atoms with Crippen molar-refractivity contribution < 1.29 is 0 Å². The van der Waals surface area contributed by atoms with E-state index < -0.39 is 0 Å². The lowest BCUT2D eigenvalue weighted by Gasteiger charge is -1.97. The van der Waals surface area contributed by atoms with E-state index in [9.17, 15) is 0 Å². The number of nitrogens with zero attached hydrogens (tertiary/aromatic N) is 2. The van der Waals surface area contributed by atoms with Crippen LogP contribution in [0.1, 0.15) is 5.82 Å². The van der Waals surface area contributed by atoms with E-state index in [1.165, 1.54) is 0 Å². The molecular formula is C11H12N4. The number of hydrogen-bond acceptors (Lipinski definition) is 3. The van der Waals surface area contributed by atoms with Crippen molar-refractivity contribution in [1.29, 1.82) is 0 Å². The maximum atomic E-state index is 4.50. The Morgan fingerprint density at radius 2 is 2.20 bits per heavy atom. The van der Waals surface area contributed by atoms with Crippen LogP contribution in [0.25, 0.3) is 11.0 Å². The van der Waals surface area contributed by atoms with Crippen molar-refractivity contribution in [2.24, 2.45) is 4.99 Å². The van der Waals surface area contributed by atoms with Crippen LogP contribution in [0.5, 0.6) is 0 Å². The Balaban J connectivity index is 1.91. The fourth-order valence-electron chi connectivity index (χ4n) is 1.81. The highest BCUT2D eigenvalue weighted by Gasteiger charge is 2.08. The Bertz CT molecular complexity index is 479. The minimum atomic E-state index is 0.772. The van der Waals surface area contributed by atoms with E-state index in [-0.39, 0.29) is 0 Å². The quantitative estimate of drug-likeness (QED) is 0.763. The fourth-order valence-corrected chi connectivity index (χ4v) is 1.81. The summed E-state index contributed by atoms with van der Waals surface area (Å²) in [7, 11) is 0. The molecule has 2 N–H and O–H groups in total. The molecule has 2 heterocycles. The molecule has 0 radical (unpaired) electrons. The molecule has 2 aromatic rings. The fraction of sp³-hybridized carbons (Fsp3) is 0.273. The molecule has 0 amide bonds. The molecule has 3 rings (SSSR count). The van der Waals surface area contributed by atoms with Gasteiger partial charge in [0.15, 0.2) is 0 Å². The number of rotatable bonds is 2. The number of hydrogen-bond donors (Lipinski definition) is 2. The second-order valence-electron chi connectivity index (χ2n) is 3.63. The van der Waals surface area contributed by atoms with Gasteiger partial charge in [-0.1, -0.05) is 12.1 Å². The maximum absolute atomic E-state index is 4.50. The molecule has 0 unspecified atom stereocenters. The molecule has 1 aromatic heterocycles. The van der Waals surface area contributed by atoms with Crippen LogP contribution in [0.4, 0.5) is 0 Å². The normalized spacial score (nSPS) is 15.3. The van der Waals surface area contributed by atoms with Gasteiger partial charge in [-0.05, 0) is 12.1 Å². The zero-order valence-corrected chi connectivity index (χ0v) is 8.33. The summed E-state index contributed by atoms with van der Waals surface area (Å²) in [5, 5.41) is 3.24. The lowest BCUT2D eigenvalue weighted by Crippen LogP contribution is -2.20. The number of para-hydroxylation sites is 2. The Kier molecular flexibility index (Phi) is 1.91. The van der Waals surface area contributed by atoms with Crippen LogP contribution in [-0.2, 0) is 6.42 Å². The van der Waals surface area contributed by atoms with E-state index in [1.807, 2.05) is 24.3 Å². The molecule has 0 atom stereocenters. The molecule has 0 saturated heterocycles. The van der Waals surface area contributed by atoms with Crippen LogP contribution in [0.15, 0.2) is 29.3 Å². The summed E-state index contributed by atoms with van der Waals surface area (Å²) < 4.78 is 0. The van der Waals surface area contributed by atoms with E-state index in [4.69, 9.17) is 0 Å². The lowest BCUT2D eigenvalue weighted by molar-refractivity contribution is 0.947. The Hall–Kier alpha value is -1.84. The zero-order chi connectivity index (χ0) is 10.1. The average molecular weight is 200 g/mol. The van der Waals surface area contributed by atoms with Gasteiger partial charge < -0.3 is 10.3 Å². The van der Waals surface area contributed by atoms with Crippen LogP contribution in [0.3, 0.4) is 0 Å². The maximum Gasteiger partial charge on any atom is 0.114 e. The van der Waals surface area contributed by atoms with Crippen LogP contribution < -0.4 is 5.32 Å². The van der Waals surface area contributed by atoms with Crippen LogP contribution in [0.2, 0.25) is 0 Å². The first-order valence-electron chi connectivity index (χ1n) is 5.13. The van der Waals surface area contributed by atoms with Gasteiger partial charge in [-0.3, -0.25) is 4.99 Å². The Labute approximate surface area is 87.4 Å². The molecule has 1 aromatic carbocycles. The van der Waals surface area contributed by atoms with E-state index in [0.29, 0.717) is 0 Å². The Morgan fingerprint density at radius 3 is 3.00 bits per heavy atom. The van der Waals surface area contributed by atoms with Crippen molar-refractivity contribution in [2.45, 2.75) is 6.42 Å². The second kappa shape index (κ2) is 3.38. The molecule has 0 bridgehead atoms. The van der Waals surface area contributed by atoms with Gasteiger partial charge in [-0.2, -0.15) is 0 Å². The predicted molar refractivity (Wildman–Crippen MR) is 60.1 cm³/mol. The number of benzene rings is 1. The van der Waals surface area contributed by atoms with Gasteiger partial charge in [-0.15, -0.1) is 0 Å². The summed E-state index contributed by atoms with van der Waals surface area (Å²) in [5.41, 5.74) is 2.11. The smallest absolute Gasteiger partial charge is 0.114 e. The van der Waals surface area contributed by atoms with Gasteiger partial charge in [0.1, 0.15) is 11.7 Å². The monoisotopic (exact) mass is 200 g/mol. The number of aromatic nitrogens is 2. The molecule has 4 nitrogen and oxygen atoms in total. The molecular weight excluding hydrogens is 188 g/mol. The van der Waals surface area contributed by atoms with Crippen molar-refractivity contribution in [3.05, 3.63) is 30.1 Å². The van der Waals surface area contributed by atoms with E-state index >= 15 is 0 Å². The summed E-state index contributed by atoms with van der Waals surface area (Å²) in [4.78, 5) is 12.1. The molecule has 0 saturated carbocycles. The summed E-state index contributed by atoms with van der Waals surface area (Å²) in [6, 6.07) is 8.06. The van der Waals surface area contributed by atoms with Gasteiger partial charge in [0.25, 0.3) is 0 Å². The zero-order valence-electron chi connectivity index (χ0n) is 8.33. The largest absolute Gasteiger partial charge is 0.372 e. The van der Waals surface area contributed by atoms with Gasteiger partial charge >= 0.3 is 0 Å². The van der Waals surface area contributed by atoms with E-state index in [0.717, 1.165) is 42.2 Å². The van der Waals surface area contributed by atoms with Gasteiger partial charge in [-0.25, -0.2) is 4.98 Å². The minimum Gasteiger partial charge on any atom is -0.372 e. The van der Waals surface area contributed by atoms with Crippen LogP contribution in [0, 0.1) is 0 Å². The second-order valence-corrected chi connectivity index (χ2v) is 3.63. The third kappa shape index (κ3) is 1.58. The number of nitrogens with one attached hydrogen (secondary N) is 2. The van der Waals surface area contributed by atoms with Crippen molar-refractivity contribution in [1.82, 2.24) is 15.3 Å². The van der Waals surface area contributed by atoms with E-state index in [1.54, 1.807) is 0 Å². The Morgan fingerprint density at radius 1 is 1.27 bits per heavy atom. The summed E-state index contributed by atoms with van der Waals surface area (Å²) in [5.74, 6) is 2.01. The standard InChI is InChI=1S/C11H12N4/c1-2-4-9-8(3-1)14-11(15-9)7-10-12-5-6-13-10/h1-4H,5-7H2,(H,12,13)(H,14,15). The molecule has 76 valence electrons. The summed E-state index contributed by atoms with van der Waals surface area (Å²) in [6.07, 6.45) is 0.772. The number of fused-ring (bicyclic) bond motifs is 1. The third-order valence-electron chi connectivity index (χ3n) is 2.52. The molecule has 1 aliphatic heterocycles. The van der Waals surface area contributed by atoms with Crippen molar-refractivity contribution >= 4 is 16.9 Å². The molecule has 4 heteroatoms. The highest BCUT2D eigenvalue weighted by molar-refractivity contribution is 5.86.